The first-order valence-corrected chi connectivity index (χ1v) is 8.46. The van der Waals surface area contributed by atoms with Gasteiger partial charge in [-0.3, -0.25) is 4.79 Å². The predicted molar refractivity (Wildman–Crippen MR) is 98.8 cm³/mol. The van der Waals surface area contributed by atoms with Gasteiger partial charge in [0.25, 0.3) is 5.91 Å². The summed E-state index contributed by atoms with van der Waals surface area (Å²) in [5.74, 6) is 0.431. The standard InChI is InChI=1S/C20H24ClNO2/c1-12-9-14(3)19(10-13(12)2)15(4)22-20(23)16(5)24-18-8-6-7-17(21)11-18/h6-11,15-16H,1-5H3,(H,22,23). The van der Waals surface area contributed by atoms with Crippen molar-refractivity contribution in [3.05, 3.63) is 63.7 Å². The van der Waals surface area contributed by atoms with E-state index in [1.165, 1.54) is 16.7 Å². The van der Waals surface area contributed by atoms with Crippen molar-refractivity contribution in [2.24, 2.45) is 0 Å². The van der Waals surface area contributed by atoms with Crippen molar-refractivity contribution in [2.45, 2.75) is 46.8 Å². The largest absolute Gasteiger partial charge is 0.481 e. The van der Waals surface area contributed by atoms with E-state index in [0.29, 0.717) is 10.8 Å². The predicted octanol–water partition coefficient (Wildman–Crippen LogP) is 4.91. The molecule has 2 atom stereocenters. The second kappa shape index (κ2) is 7.71. The molecule has 0 bridgehead atoms. The van der Waals surface area contributed by atoms with Gasteiger partial charge in [0.1, 0.15) is 5.75 Å². The number of benzene rings is 2. The second-order valence-electron chi connectivity index (χ2n) is 6.24. The summed E-state index contributed by atoms with van der Waals surface area (Å²) in [5, 5.41) is 3.60. The summed E-state index contributed by atoms with van der Waals surface area (Å²) in [7, 11) is 0. The second-order valence-corrected chi connectivity index (χ2v) is 6.68. The highest BCUT2D eigenvalue weighted by Gasteiger charge is 2.19. The highest BCUT2D eigenvalue weighted by atomic mass is 35.5. The topological polar surface area (TPSA) is 38.3 Å². The lowest BCUT2D eigenvalue weighted by molar-refractivity contribution is -0.127. The van der Waals surface area contributed by atoms with E-state index < -0.39 is 6.10 Å². The van der Waals surface area contributed by atoms with Crippen LogP contribution in [0.2, 0.25) is 5.02 Å². The third-order valence-electron chi connectivity index (χ3n) is 4.19. The van der Waals surface area contributed by atoms with E-state index in [2.05, 4.69) is 38.2 Å². The monoisotopic (exact) mass is 345 g/mol. The Labute approximate surface area is 149 Å². The molecule has 24 heavy (non-hydrogen) atoms. The summed E-state index contributed by atoms with van der Waals surface area (Å²) in [4.78, 5) is 12.4. The van der Waals surface area contributed by atoms with Gasteiger partial charge in [0.2, 0.25) is 0 Å². The summed E-state index contributed by atoms with van der Waals surface area (Å²) in [5.41, 5.74) is 4.78. The fraction of sp³-hybridized carbons (Fsp3) is 0.350. The first kappa shape index (κ1) is 18.3. The summed E-state index contributed by atoms with van der Waals surface area (Å²) >= 11 is 5.94. The van der Waals surface area contributed by atoms with Gasteiger partial charge in [-0.1, -0.05) is 29.8 Å². The molecule has 0 radical (unpaired) electrons. The lowest BCUT2D eigenvalue weighted by Gasteiger charge is -2.21. The van der Waals surface area contributed by atoms with Gasteiger partial charge >= 0.3 is 0 Å². The fourth-order valence-electron chi connectivity index (χ4n) is 2.66. The Morgan fingerprint density at radius 3 is 2.38 bits per heavy atom. The maximum absolute atomic E-state index is 12.4. The van der Waals surface area contributed by atoms with Crippen LogP contribution in [0.1, 0.15) is 42.1 Å². The van der Waals surface area contributed by atoms with Gasteiger partial charge in [-0.2, -0.15) is 0 Å². The number of amides is 1. The average Bonchev–Trinajstić information content (AvgIpc) is 2.50. The van der Waals surface area contributed by atoms with E-state index in [4.69, 9.17) is 16.3 Å². The zero-order valence-corrected chi connectivity index (χ0v) is 15.6. The summed E-state index contributed by atoms with van der Waals surface area (Å²) < 4.78 is 5.67. The zero-order chi connectivity index (χ0) is 17.9. The molecule has 4 heteroatoms. The molecule has 3 nitrogen and oxygen atoms in total. The SMILES string of the molecule is Cc1cc(C)c(C(C)NC(=O)C(C)Oc2cccc(Cl)c2)cc1C. The van der Waals surface area contributed by atoms with Crippen LogP contribution >= 0.6 is 11.6 Å². The van der Waals surface area contributed by atoms with Crippen LogP contribution in [0.3, 0.4) is 0 Å². The molecule has 0 spiro atoms. The third kappa shape index (κ3) is 4.51. The highest BCUT2D eigenvalue weighted by Crippen LogP contribution is 2.22. The van der Waals surface area contributed by atoms with Crippen molar-refractivity contribution in [1.29, 1.82) is 0 Å². The molecular weight excluding hydrogens is 322 g/mol. The van der Waals surface area contributed by atoms with E-state index >= 15 is 0 Å². The Kier molecular flexibility index (Phi) is 5.89. The normalized spacial score (nSPS) is 13.2. The van der Waals surface area contributed by atoms with Crippen LogP contribution in [-0.4, -0.2) is 12.0 Å². The number of carbonyl (C=O) groups excluding carboxylic acids is 1. The van der Waals surface area contributed by atoms with Gasteiger partial charge in [0, 0.05) is 5.02 Å². The Morgan fingerprint density at radius 2 is 1.71 bits per heavy atom. The molecule has 0 saturated carbocycles. The quantitative estimate of drug-likeness (QED) is 0.836. The Balaban J connectivity index is 2.04. The van der Waals surface area contributed by atoms with Gasteiger partial charge in [0.05, 0.1) is 6.04 Å². The average molecular weight is 346 g/mol. The molecule has 0 aliphatic heterocycles. The van der Waals surface area contributed by atoms with Gasteiger partial charge in [-0.25, -0.2) is 0 Å². The number of rotatable bonds is 5. The van der Waals surface area contributed by atoms with Crippen LogP contribution < -0.4 is 10.1 Å². The van der Waals surface area contributed by atoms with Crippen molar-refractivity contribution in [1.82, 2.24) is 5.32 Å². The van der Waals surface area contributed by atoms with Gasteiger partial charge < -0.3 is 10.1 Å². The van der Waals surface area contributed by atoms with Crippen molar-refractivity contribution in [3.63, 3.8) is 0 Å². The first-order chi connectivity index (χ1) is 11.3. The minimum Gasteiger partial charge on any atom is -0.481 e. The molecule has 0 saturated heterocycles. The van der Waals surface area contributed by atoms with Crippen molar-refractivity contribution in [3.8, 4) is 5.75 Å². The molecule has 1 amide bonds. The zero-order valence-electron chi connectivity index (χ0n) is 14.8. The third-order valence-corrected chi connectivity index (χ3v) is 4.42. The van der Waals surface area contributed by atoms with Crippen molar-refractivity contribution < 1.29 is 9.53 Å². The van der Waals surface area contributed by atoms with Crippen LogP contribution in [-0.2, 0) is 4.79 Å². The minimum absolute atomic E-state index is 0.0813. The smallest absolute Gasteiger partial charge is 0.261 e. The van der Waals surface area contributed by atoms with Crippen LogP contribution in [0.4, 0.5) is 0 Å². The number of halogens is 1. The molecule has 128 valence electrons. The summed E-state index contributed by atoms with van der Waals surface area (Å²) in [6.45, 7) is 9.96. The summed E-state index contributed by atoms with van der Waals surface area (Å²) in [6, 6.07) is 11.3. The molecule has 0 heterocycles. The molecule has 0 fully saturated rings. The Hall–Kier alpha value is -2.00. The van der Waals surface area contributed by atoms with Gasteiger partial charge in [-0.05, 0) is 75.1 Å². The molecule has 2 rings (SSSR count). The molecule has 2 aromatic carbocycles. The maximum Gasteiger partial charge on any atom is 0.261 e. The van der Waals surface area contributed by atoms with E-state index in [-0.39, 0.29) is 11.9 Å². The molecule has 2 aromatic rings. The van der Waals surface area contributed by atoms with Crippen LogP contribution in [0.5, 0.6) is 5.75 Å². The highest BCUT2D eigenvalue weighted by molar-refractivity contribution is 6.30. The molecular formula is C20H24ClNO2. The van der Waals surface area contributed by atoms with Crippen molar-refractivity contribution >= 4 is 17.5 Å². The van der Waals surface area contributed by atoms with E-state index in [1.807, 2.05) is 6.92 Å². The Morgan fingerprint density at radius 1 is 1.04 bits per heavy atom. The number of hydrogen-bond acceptors (Lipinski definition) is 2. The van der Waals surface area contributed by atoms with E-state index in [1.54, 1.807) is 31.2 Å². The number of hydrogen-bond donors (Lipinski definition) is 1. The molecule has 2 unspecified atom stereocenters. The molecule has 0 aliphatic carbocycles. The molecule has 0 aromatic heterocycles. The fourth-order valence-corrected chi connectivity index (χ4v) is 2.84. The van der Waals surface area contributed by atoms with Gasteiger partial charge in [-0.15, -0.1) is 0 Å². The lowest BCUT2D eigenvalue weighted by Crippen LogP contribution is -2.38. The molecule has 1 N–H and O–H groups in total. The number of nitrogens with one attached hydrogen (secondary N) is 1. The minimum atomic E-state index is -0.599. The van der Waals surface area contributed by atoms with Crippen LogP contribution in [0, 0.1) is 20.8 Å². The Bertz CT molecular complexity index is 742. The van der Waals surface area contributed by atoms with Gasteiger partial charge in [0.15, 0.2) is 6.10 Å². The number of carbonyl (C=O) groups is 1. The number of aryl methyl sites for hydroxylation is 3. The summed E-state index contributed by atoms with van der Waals surface area (Å²) in [6.07, 6.45) is -0.599. The van der Waals surface area contributed by atoms with Crippen molar-refractivity contribution in [2.75, 3.05) is 0 Å². The first-order valence-electron chi connectivity index (χ1n) is 8.08. The van der Waals surface area contributed by atoms with Crippen LogP contribution in [0.15, 0.2) is 36.4 Å². The van der Waals surface area contributed by atoms with E-state index in [0.717, 1.165) is 5.56 Å². The van der Waals surface area contributed by atoms with E-state index in [9.17, 15) is 4.79 Å². The van der Waals surface area contributed by atoms with Crippen LogP contribution in [0.25, 0.3) is 0 Å². The lowest BCUT2D eigenvalue weighted by atomic mass is 9.96. The number of ether oxygens (including phenoxy) is 1. The maximum atomic E-state index is 12.4. The molecule has 0 aliphatic rings.